The summed E-state index contributed by atoms with van der Waals surface area (Å²) in [6, 6.07) is 22.9. The first kappa shape index (κ1) is 19.0. The number of amides is 1. The topological polar surface area (TPSA) is 56.1 Å². The minimum absolute atomic E-state index is 0.223. The van der Waals surface area contributed by atoms with E-state index in [1.165, 1.54) is 0 Å². The molecule has 0 bridgehead atoms. The molecule has 1 N–H and O–H groups in total. The maximum Gasteiger partial charge on any atom is 0.253 e. The summed E-state index contributed by atoms with van der Waals surface area (Å²) in [6.45, 7) is 0.941. The monoisotopic (exact) mass is 405 g/mol. The smallest absolute Gasteiger partial charge is 0.253 e. The Bertz CT molecular complexity index is 1150. The first-order valence-corrected chi connectivity index (χ1v) is 9.63. The molecule has 3 aromatic carbocycles. The SMILES string of the molecule is COc1ccc(Cn2c(CNC(=O)c3ccccc3Cl)nc3ccccc32)cc1. The summed E-state index contributed by atoms with van der Waals surface area (Å²) in [7, 11) is 1.65. The number of benzene rings is 3. The number of hydrogen-bond acceptors (Lipinski definition) is 3. The van der Waals surface area contributed by atoms with Gasteiger partial charge >= 0.3 is 0 Å². The number of nitrogens with zero attached hydrogens (tertiary/aromatic N) is 2. The summed E-state index contributed by atoms with van der Waals surface area (Å²) < 4.78 is 7.35. The van der Waals surface area contributed by atoms with Gasteiger partial charge in [-0.05, 0) is 42.0 Å². The minimum atomic E-state index is -0.223. The Morgan fingerprint density at radius 3 is 2.52 bits per heavy atom. The number of carbonyl (C=O) groups is 1. The quantitative estimate of drug-likeness (QED) is 0.507. The van der Waals surface area contributed by atoms with E-state index in [9.17, 15) is 4.79 Å². The summed E-state index contributed by atoms with van der Waals surface area (Å²) >= 11 is 6.14. The number of carbonyl (C=O) groups excluding carboxylic acids is 1. The lowest BCUT2D eigenvalue weighted by Crippen LogP contribution is -2.25. The van der Waals surface area contributed by atoms with E-state index in [1.54, 1.807) is 31.4 Å². The Morgan fingerprint density at radius 2 is 1.76 bits per heavy atom. The molecule has 1 heterocycles. The van der Waals surface area contributed by atoms with Gasteiger partial charge in [-0.15, -0.1) is 0 Å². The van der Waals surface area contributed by atoms with E-state index in [4.69, 9.17) is 21.3 Å². The summed E-state index contributed by atoms with van der Waals surface area (Å²) in [6.07, 6.45) is 0. The van der Waals surface area contributed by atoms with Crippen molar-refractivity contribution in [2.24, 2.45) is 0 Å². The van der Waals surface area contributed by atoms with Crippen molar-refractivity contribution in [3.63, 3.8) is 0 Å². The van der Waals surface area contributed by atoms with E-state index in [-0.39, 0.29) is 5.91 Å². The molecule has 6 heteroatoms. The van der Waals surface area contributed by atoms with Gasteiger partial charge in [-0.3, -0.25) is 4.79 Å². The van der Waals surface area contributed by atoms with Crippen LogP contribution in [0, 0.1) is 0 Å². The molecule has 0 aliphatic carbocycles. The highest BCUT2D eigenvalue weighted by Crippen LogP contribution is 2.20. The number of hydrogen-bond donors (Lipinski definition) is 1. The highest BCUT2D eigenvalue weighted by molar-refractivity contribution is 6.33. The fourth-order valence-electron chi connectivity index (χ4n) is 3.25. The standard InChI is InChI=1S/C23H20ClN3O2/c1-29-17-12-10-16(11-13-17)15-27-21-9-5-4-8-20(21)26-22(27)14-25-23(28)18-6-2-3-7-19(18)24/h2-13H,14-15H2,1H3,(H,25,28). The molecule has 0 atom stereocenters. The second-order valence-corrected chi connectivity index (χ2v) is 7.02. The van der Waals surface area contributed by atoms with Crippen LogP contribution in [-0.4, -0.2) is 22.6 Å². The lowest BCUT2D eigenvalue weighted by atomic mass is 10.2. The second-order valence-electron chi connectivity index (χ2n) is 6.61. The average Bonchev–Trinajstić information content (AvgIpc) is 3.10. The van der Waals surface area contributed by atoms with E-state index >= 15 is 0 Å². The van der Waals surface area contributed by atoms with Crippen LogP contribution in [0.15, 0.2) is 72.8 Å². The van der Waals surface area contributed by atoms with Gasteiger partial charge in [0.1, 0.15) is 11.6 Å². The maximum atomic E-state index is 12.5. The number of rotatable bonds is 6. The number of aromatic nitrogens is 2. The second kappa shape index (κ2) is 8.37. The normalized spacial score (nSPS) is 10.8. The minimum Gasteiger partial charge on any atom is -0.497 e. The lowest BCUT2D eigenvalue weighted by Gasteiger charge is -2.11. The van der Waals surface area contributed by atoms with Crippen LogP contribution in [-0.2, 0) is 13.1 Å². The number of ether oxygens (including phenoxy) is 1. The van der Waals surface area contributed by atoms with Crippen molar-refractivity contribution < 1.29 is 9.53 Å². The molecular formula is C23H20ClN3O2. The van der Waals surface area contributed by atoms with E-state index in [2.05, 4.69) is 9.88 Å². The molecule has 146 valence electrons. The van der Waals surface area contributed by atoms with Crippen molar-refractivity contribution in [1.29, 1.82) is 0 Å². The van der Waals surface area contributed by atoms with Crippen LogP contribution in [0.25, 0.3) is 11.0 Å². The molecule has 0 unspecified atom stereocenters. The summed E-state index contributed by atoms with van der Waals surface area (Å²) in [5.74, 6) is 1.37. The Hall–Kier alpha value is -3.31. The molecule has 1 amide bonds. The molecule has 0 fully saturated rings. The van der Waals surface area contributed by atoms with E-state index in [0.717, 1.165) is 28.2 Å². The highest BCUT2D eigenvalue weighted by Gasteiger charge is 2.14. The fraction of sp³-hybridized carbons (Fsp3) is 0.130. The Kier molecular flexibility index (Phi) is 5.49. The number of methoxy groups -OCH3 is 1. The molecule has 1 aromatic heterocycles. The Morgan fingerprint density at radius 1 is 1.03 bits per heavy atom. The molecule has 0 saturated carbocycles. The van der Waals surface area contributed by atoms with Gasteiger partial charge in [-0.2, -0.15) is 0 Å². The van der Waals surface area contributed by atoms with Crippen LogP contribution in [0.3, 0.4) is 0 Å². The molecule has 5 nitrogen and oxygen atoms in total. The van der Waals surface area contributed by atoms with Gasteiger partial charge in [0, 0.05) is 6.54 Å². The fourth-order valence-corrected chi connectivity index (χ4v) is 3.47. The average molecular weight is 406 g/mol. The van der Waals surface area contributed by atoms with Gasteiger partial charge in [0.2, 0.25) is 0 Å². The van der Waals surface area contributed by atoms with Crippen molar-refractivity contribution in [3.8, 4) is 5.75 Å². The third-order valence-electron chi connectivity index (χ3n) is 4.76. The summed E-state index contributed by atoms with van der Waals surface area (Å²) in [5.41, 5.74) is 3.48. The molecule has 29 heavy (non-hydrogen) atoms. The molecular weight excluding hydrogens is 386 g/mol. The number of imidazole rings is 1. The molecule has 4 aromatic rings. The van der Waals surface area contributed by atoms with Crippen LogP contribution in [0.1, 0.15) is 21.7 Å². The molecule has 0 saturated heterocycles. The third kappa shape index (κ3) is 4.10. The molecule has 0 radical (unpaired) electrons. The van der Waals surface area contributed by atoms with Gasteiger partial charge in [0.15, 0.2) is 0 Å². The number of nitrogens with one attached hydrogen (secondary N) is 1. The molecule has 4 rings (SSSR count). The molecule has 0 spiro atoms. The maximum absolute atomic E-state index is 12.5. The Labute approximate surface area is 173 Å². The van der Waals surface area contributed by atoms with Crippen molar-refractivity contribution in [2.75, 3.05) is 7.11 Å². The summed E-state index contributed by atoms with van der Waals surface area (Å²) in [5, 5.41) is 3.36. The van der Waals surface area contributed by atoms with Crippen LogP contribution < -0.4 is 10.1 Å². The lowest BCUT2D eigenvalue weighted by molar-refractivity contribution is 0.0949. The predicted octanol–water partition coefficient (Wildman–Crippen LogP) is 4.68. The molecule has 0 aliphatic heterocycles. The number of fused-ring (bicyclic) bond motifs is 1. The van der Waals surface area contributed by atoms with Crippen molar-refractivity contribution in [3.05, 3.63) is 94.8 Å². The van der Waals surface area contributed by atoms with E-state index in [0.29, 0.717) is 23.7 Å². The van der Waals surface area contributed by atoms with Gasteiger partial charge in [-0.1, -0.05) is 48.0 Å². The first-order valence-electron chi connectivity index (χ1n) is 9.25. The third-order valence-corrected chi connectivity index (χ3v) is 5.09. The van der Waals surface area contributed by atoms with E-state index in [1.807, 2.05) is 48.5 Å². The van der Waals surface area contributed by atoms with Gasteiger partial charge in [0.25, 0.3) is 5.91 Å². The number of para-hydroxylation sites is 2. The zero-order valence-corrected chi connectivity index (χ0v) is 16.7. The zero-order chi connectivity index (χ0) is 20.2. The zero-order valence-electron chi connectivity index (χ0n) is 15.9. The first-order chi connectivity index (χ1) is 14.2. The Balaban J connectivity index is 1.61. The van der Waals surface area contributed by atoms with Crippen LogP contribution in [0.2, 0.25) is 5.02 Å². The summed E-state index contributed by atoms with van der Waals surface area (Å²) in [4.78, 5) is 17.3. The van der Waals surface area contributed by atoms with Crippen LogP contribution in [0.4, 0.5) is 0 Å². The van der Waals surface area contributed by atoms with Crippen molar-refractivity contribution in [1.82, 2.24) is 14.9 Å². The largest absolute Gasteiger partial charge is 0.497 e. The van der Waals surface area contributed by atoms with Gasteiger partial charge < -0.3 is 14.6 Å². The highest BCUT2D eigenvalue weighted by atomic mass is 35.5. The number of halogens is 1. The molecule has 0 aliphatic rings. The van der Waals surface area contributed by atoms with Crippen molar-refractivity contribution in [2.45, 2.75) is 13.1 Å². The van der Waals surface area contributed by atoms with Gasteiger partial charge in [-0.25, -0.2) is 4.98 Å². The van der Waals surface area contributed by atoms with Crippen LogP contribution >= 0.6 is 11.6 Å². The van der Waals surface area contributed by atoms with Crippen LogP contribution in [0.5, 0.6) is 5.75 Å². The predicted molar refractivity (Wildman–Crippen MR) is 114 cm³/mol. The van der Waals surface area contributed by atoms with Gasteiger partial charge in [0.05, 0.1) is 35.3 Å². The van der Waals surface area contributed by atoms with E-state index < -0.39 is 0 Å². The van der Waals surface area contributed by atoms with Crippen molar-refractivity contribution >= 4 is 28.5 Å².